The molecule has 1 aliphatic heterocycles. The highest BCUT2D eigenvalue weighted by Gasteiger charge is 2.30. The fourth-order valence-electron chi connectivity index (χ4n) is 3.21. The first kappa shape index (κ1) is 16.4. The molecular formula is C16H24N4O2S. The van der Waals surface area contributed by atoms with Crippen LogP contribution < -0.4 is 5.32 Å². The first-order valence-corrected chi connectivity index (χ1v) is 9.80. The van der Waals surface area contributed by atoms with E-state index in [1.807, 2.05) is 12.4 Å². The van der Waals surface area contributed by atoms with Crippen molar-refractivity contribution in [2.75, 3.05) is 19.3 Å². The summed E-state index contributed by atoms with van der Waals surface area (Å²) in [6.07, 6.45) is 6.07. The molecule has 1 saturated heterocycles. The smallest absolute Gasteiger partial charge is 0.211 e. The maximum Gasteiger partial charge on any atom is 0.211 e. The molecule has 1 fully saturated rings. The zero-order chi connectivity index (χ0) is 16.6. The summed E-state index contributed by atoms with van der Waals surface area (Å²) in [5.41, 5.74) is 3.28. The van der Waals surface area contributed by atoms with Crippen LogP contribution in [0.1, 0.15) is 24.6 Å². The van der Waals surface area contributed by atoms with Crippen LogP contribution in [0.25, 0.3) is 5.65 Å². The van der Waals surface area contributed by atoms with Crippen molar-refractivity contribution < 1.29 is 8.42 Å². The number of piperidine rings is 1. The van der Waals surface area contributed by atoms with Crippen LogP contribution in [0.5, 0.6) is 0 Å². The maximum absolute atomic E-state index is 11.7. The van der Waals surface area contributed by atoms with Gasteiger partial charge in [-0.2, -0.15) is 0 Å². The third-order valence-corrected chi connectivity index (χ3v) is 5.90. The minimum atomic E-state index is -3.08. The van der Waals surface area contributed by atoms with Gasteiger partial charge >= 0.3 is 0 Å². The van der Waals surface area contributed by atoms with Crippen molar-refractivity contribution in [1.29, 1.82) is 0 Å². The fraction of sp³-hybridized carbons (Fsp3) is 0.562. The highest BCUT2D eigenvalue weighted by Crippen LogP contribution is 2.19. The molecule has 0 amide bonds. The second-order valence-electron chi connectivity index (χ2n) is 6.56. The van der Waals surface area contributed by atoms with Gasteiger partial charge in [-0.3, -0.25) is 0 Å². The van der Waals surface area contributed by atoms with Gasteiger partial charge in [0, 0.05) is 31.9 Å². The van der Waals surface area contributed by atoms with Crippen LogP contribution in [0.4, 0.5) is 0 Å². The molecule has 3 heterocycles. The number of nitrogens with one attached hydrogen (secondary N) is 1. The molecule has 3 rings (SSSR count). The van der Waals surface area contributed by atoms with Crippen molar-refractivity contribution in [3.05, 3.63) is 35.8 Å². The van der Waals surface area contributed by atoms with Crippen molar-refractivity contribution >= 4 is 15.7 Å². The predicted octanol–water partition coefficient (Wildman–Crippen LogP) is 1.40. The van der Waals surface area contributed by atoms with Crippen molar-refractivity contribution in [2.24, 2.45) is 5.92 Å². The summed E-state index contributed by atoms with van der Waals surface area (Å²) in [7, 11) is -3.08. The van der Waals surface area contributed by atoms with Gasteiger partial charge in [-0.25, -0.2) is 17.7 Å². The number of nitrogens with zero attached hydrogens (tertiary/aromatic N) is 3. The van der Waals surface area contributed by atoms with Crippen molar-refractivity contribution in [3.8, 4) is 0 Å². The zero-order valence-corrected chi connectivity index (χ0v) is 14.7. The number of imidazole rings is 1. The van der Waals surface area contributed by atoms with Crippen molar-refractivity contribution in [2.45, 2.75) is 32.9 Å². The van der Waals surface area contributed by atoms with E-state index in [1.165, 1.54) is 11.8 Å². The summed E-state index contributed by atoms with van der Waals surface area (Å²) < 4.78 is 27.0. The molecule has 0 aromatic carbocycles. The van der Waals surface area contributed by atoms with Crippen LogP contribution in [-0.2, 0) is 16.6 Å². The van der Waals surface area contributed by atoms with E-state index < -0.39 is 10.0 Å². The normalized spacial score (nSPS) is 23.4. The van der Waals surface area contributed by atoms with Gasteiger partial charge in [0.05, 0.1) is 18.1 Å². The van der Waals surface area contributed by atoms with Crippen LogP contribution in [0.3, 0.4) is 0 Å². The lowest BCUT2D eigenvalue weighted by atomic mass is 9.95. The van der Waals surface area contributed by atoms with Crippen molar-refractivity contribution in [3.63, 3.8) is 0 Å². The number of pyridine rings is 1. The highest BCUT2D eigenvalue weighted by atomic mass is 32.2. The SMILES string of the molecule is Cc1ccn2c(CNC3CCN(S(C)(=O)=O)CC3C)cnc2c1. The summed E-state index contributed by atoms with van der Waals surface area (Å²) in [5.74, 6) is 0.292. The van der Waals surface area contributed by atoms with E-state index in [0.29, 0.717) is 25.0 Å². The van der Waals surface area contributed by atoms with E-state index in [9.17, 15) is 8.42 Å². The number of sulfonamides is 1. The Hall–Kier alpha value is -1.44. The molecule has 2 unspecified atom stereocenters. The Labute approximate surface area is 137 Å². The van der Waals surface area contributed by atoms with Gasteiger partial charge in [0.1, 0.15) is 5.65 Å². The van der Waals surface area contributed by atoms with E-state index in [1.54, 1.807) is 4.31 Å². The monoisotopic (exact) mass is 336 g/mol. The summed E-state index contributed by atoms with van der Waals surface area (Å²) in [4.78, 5) is 4.44. The first-order chi connectivity index (χ1) is 10.8. The summed E-state index contributed by atoms with van der Waals surface area (Å²) >= 11 is 0. The average Bonchev–Trinajstić information content (AvgIpc) is 2.87. The minimum Gasteiger partial charge on any atom is -0.308 e. The van der Waals surface area contributed by atoms with Gasteiger partial charge in [-0.15, -0.1) is 0 Å². The molecular weight excluding hydrogens is 312 g/mol. The predicted molar refractivity (Wildman–Crippen MR) is 90.8 cm³/mol. The lowest BCUT2D eigenvalue weighted by Crippen LogP contribution is -2.49. The average molecular weight is 336 g/mol. The fourth-order valence-corrected chi connectivity index (χ4v) is 4.16. The molecule has 0 radical (unpaired) electrons. The summed E-state index contributed by atoms with van der Waals surface area (Å²) in [6, 6.07) is 4.46. The number of aromatic nitrogens is 2. The van der Waals surface area contributed by atoms with E-state index >= 15 is 0 Å². The second-order valence-corrected chi connectivity index (χ2v) is 8.54. The van der Waals surface area contributed by atoms with Gasteiger partial charge < -0.3 is 9.72 Å². The van der Waals surface area contributed by atoms with Gasteiger partial charge in [0.15, 0.2) is 0 Å². The molecule has 2 aromatic heterocycles. The lowest BCUT2D eigenvalue weighted by Gasteiger charge is -2.36. The second kappa shape index (κ2) is 6.22. The number of hydrogen-bond donors (Lipinski definition) is 1. The van der Waals surface area contributed by atoms with Gasteiger partial charge in [0.2, 0.25) is 10.0 Å². The molecule has 126 valence electrons. The minimum absolute atomic E-state index is 0.292. The van der Waals surface area contributed by atoms with Crippen molar-refractivity contribution in [1.82, 2.24) is 19.0 Å². The van der Waals surface area contributed by atoms with E-state index in [2.05, 4.69) is 40.7 Å². The Balaban J connectivity index is 1.64. The zero-order valence-electron chi connectivity index (χ0n) is 13.9. The van der Waals surface area contributed by atoms with Crippen LogP contribution >= 0.6 is 0 Å². The van der Waals surface area contributed by atoms with Crippen LogP contribution in [0, 0.1) is 12.8 Å². The molecule has 0 saturated carbocycles. The van der Waals surface area contributed by atoms with E-state index in [4.69, 9.17) is 0 Å². The van der Waals surface area contributed by atoms with Gasteiger partial charge in [0.25, 0.3) is 0 Å². The Morgan fingerprint density at radius 1 is 1.43 bits per heavy atom. The third kappa shape index (κ3) is 3.57. The largest absolute Gasteiger partial charge is 0.308 e. The molecule has 2 atom stereocenters. The molecule has 23 heavy (non-hydrogen) atoms. The third-order valence-electron chi connectivity index (χ3n) is 4.63. The molecule has 1 N–H and O–H groups in total. The summed E-state index contributed by atoms with van der Waals surface area (Å²) in [5, 5.41) is 3.57. The molecule has 0 spiro atoms. The molecule has 0 bridgehead atoms. The molecule has 7 heteroatoms. The highest BCUT2D eigenvalue weighted by molar-refractivity contribution is 7.88. The number of aryl methyl sites for hydroxylation is 1. The molecule has 1 aliphatic rings. The summed E-state index contributed by atoms with van der Waals surface area (Å²) in [6.45, 7) is 6.07. The Morgan fingerprint density at radius 3 is 2.91 bits per heavy atom. The topological polar surface area (TPSA) is 66.7 Å². The molecule has 6 nitrogen and oxygen atoms in total. The quantitative estimate of drug-likeness (QED) is 0.916. The van der Waals surface area contributed by atoms with Gasteiger partial charge in [-0.1, -0.05) is 6.92 Å². The number of fused-ring (bicyclic) bond motifs is 1. The number of hydrogen-bond acceptors (Lipinski definition) is 4. The number of rotatable bonds is 4. The maximum atomic E-state index is 11.7. The Morgan fingerprint density at radius 2 is 2.22 bits per heavy atom. The standard InChI is InChI=1S/C16H24N4O2S/c1-12-4-7-20-14(10-18-16(20)8-12)9-17-15-5-6-19(11-13(15)2)23(3,21)22/h4,7-8,10,13,15,17H,5-6,9,11H2,1-3H3. The van der Waals surface area contributed by atoms with E-state index in [-0.39, 0.29) is 0 Å². The van der Waals surface area contributed by atoms with Gasteiger partial charge in [-0.05, 0) is 37.0 Å². The van der Waals surface area contributed by atoms with Crippen LogP contribution in [0.2, 0.25) is 0 Å². The van der Waals surface area contributed by atoms with Crippen LogP contribution in [-0.4, -0.2) is 47.5 Å². The lowest BCUT2D eigenvalue weighted by molar-refractivity contribution is 0.219. The molecule has 0 aliphatic carbocycles. The molecule has 2 aromatic rings. The van der Waals surface area contributed by atoms with Crippen LogP contribution in [0.15, 0.2) is 24.5 Å². The Bertz CT molecular complexity index is 800. The Kier molecular flexibility index (Phi) is 4.44. The van der Waals surface area contributed by atoms with E-state index in [0.717, 1.165) is 24.3 Å². The first-order valence-electron chi connectivity index (χ1n) is 7.95.